The molecular weight excluding hydrogens is 196 g/mol. The Bertz CT molecular complexity index is 218. The van der Waals surface area contributed by atoms with Gasteiger partial charge in [-0.15, -0.1) is 0 Å². The van der Waals surface area contributed by atoms with Crippen molar-refractivity contribution in [2.75, 3.05) is 7.11 Å². The first-order valence-electron chi connectivity index (χ1n) is 3.94. The molecule has 14 heavy (non-hydrogen) atoms. The fraction of sp³-hybridized carbons (Fsp3) is 0.857. The van der Waals surface area contributed by atoms with Crippen molar-refractivity contribution in [1.82, 2.24) is 0 Å². The van der Waals surface area contributed by atoms with Gasteiger partial charge in [-0.3, -0.25) is 0 Å². The minimum atomic E-state index is -1.72. The quantitative estimate of drug-likeness (QED) is 0.397. The summed E-state index contributed by atoms with van der Waals surface area (Å²) in [5, 5.41) is 36.2. The van der Waals surface area contributed by atoms with Gasteiger partial charge in [0.25, 0.3) is 0 Å². The summed E-state index contributed by atoms with van der Waals surface area (Å²) in [5.41, 5.74) is 0. The fourth-order valence-corrected chi connectivity index (χ4v) is 1.31. The number of carboxylic acid groups (broad SMARTS) is 1. The van der Waals surface area contributed by atoms with E-state index in [2.05, 4.69) is 9.47 Å². The summed E-state index contributed by atoms with van der Waals surface area (Å²) < 4.78 is 9.22. The molecule has 1 fully saturated rings. The zero-order valence-electron chi connectivity index (χ0n) is 7.40. The number of aliphatic hydroxyl groups excluding tert-OH is 3. The Balaban J connectivity index is 2.82. The highest BCUT2D eigenvalue weighted by molar-refractivity contribution is 5.73. The molecule has 7 heteroatoms. The van der Waals surface area contributed by atoms with Gasteiger partial charge >= 0.3 is 5.97 Å². The molecule has 0 bridgehead atoms. The van der Waals surface area contributed by atoms with Crippen LogP contribution in [0, 0.1) is 0 Å². The lowest BCUT2D eigenvalue weighted by Crippen LogP contribution is -2.60. The Morgan fingerprint density at radius 1 is 1.29 bits per heavy atom. The molecule has 0 spiro atoms. The van der Waals surface area contributed by atoms with Crippen LogP contribution in [0.3, 0.4) is 0 Å². The van der Waals surface area contributed by atoms with E-state index in [1.807, 2.05) is 0 Å². The molecular formula is C7H12O7. The molecule has 1 rings (SSSR count). The molecule has 1 heterocycles. The first-order chi connectivity index (χ1) is 6.49. The smallest absolute Gasteiger partial charge is 0.335 e. The molecule has 1 aliphatic rings. The maximum absolute atomic E-state index is 10.6. The molecule has 4 N–H and O–H groups in total. The summed E-state index contributed by atoms with van der Waals surface area (Å²) in [5.74, 6) is -1.37. The molecule has 0 aromatic rings. The van der Waals surface area contributed by atoms with Gasteiger partial charge in [-0.05, 0) is 0 Å². The maximum atomic E-state index is 10.6. The Morgan fingerprint density at radius 2 is 1.86 bits per heavy atom. The van der Waals surface area contributed by atoms with E-state index >= 15 is 0 Å². The van der Waals surface area contributed by atoms with Gasteiger partial charge in [0.15, 0.2) is 12.4 Å². The van der Waals surface area contributed by atoms with Crippen LogP contribution in [0.1, 0.15) is 0 Å². The Labute approximate surface area is 79.5 Å². The highest BCUT2D eigenvalue weighted by Gasteiger charge is 2.47. The summed E-state index contributed by atoms with van der Waals surface area (Å²) in [6.07, 6.45) is -7.49. The third-order valence-electron chi connectivity index (χ3n) is 2.08. The molecule has 0 aromatic carbocycles. The van der Waals surface area contributed by atoms with E-state index in [-0.39, 0.29) is 0 Å². The van der Waals surface area contributed by atoms with Gasteiger partial charge in [0, 0.05) is 7.11 Å². The lowest BCUT2D eigenvalue weighted by molar-refractivity contribution is -0.283. The van der Waals surface area contributed by atoms with Gasteiger partial charge in [0.2, 0.25) is 0 Å². The monoisotopic (exact) mass is 208 g/mol. The van der Waals surface area contributed by atoms with Crippen molar-refractivity contribution < 1.29 is 34.7 Å². The van der Waals surface area contributed by atoms with Crippen LogP contribution >= 0.6 is 0 Å². The second-order valence-corrected chi connectivity index (χ2v) is 2.97. The van der Waals surface area contributed by atoms with E-state index in [4.69, 9.17) is 15.3 Å². The molecule has 0 amide bonds. The molecule has 1 saturated heterocycles. The zero-order valence-corrected chi connectivity index (χ0v) is 7.40. The van der Waals surface area contributed by atoms with Crippen LogP contribution in [0.2, 0.25) is 0 Å². The predicted molar refractivity (Wildman–Crippen MR) is 41.3 cm³/mol. The zero-order chi connectivity index (χ0) is 10.9. The molecule has 0 aliphatic carbocycles. The van der Waals surface area contributed by atoms with E-state index in [9.17, 15) is 9.90 Å². The molecule has 0 radical (unpaired) electrons. The summed E-state index contributed by atoms with van der Waals surface area (Å²) in [7, 11) is 1.18. The highest BCUT2D eigenvalue weighted by Crippen LogP contribution is 2.21. The fourth-order valence-electron chi connectivity index (χ4n) is 1.31. The van der Waals surface area contributed by atoms with E-state index in [0.717, 1.165) is 0 Å². The van der Waals surface area contributed by atoms with Crippen LogP contribution in [-0.2, 0) is 14.3 Å². The van der Waals surface area contributed by atoms with Gasteiger partial charge < -0.3 is 29.9 Å². The summed E-state index contributed by atoms with van der Waals surface area (Å²) in [4.78, 5) is 10.6. The van der Waals surface area contributed by atoms with E-state index < -0.39 is 36.7 Å². The second-order valence-electron chi connectivity index (χ2n) is 2.97. The average molecular weight is 208 g/mol. The van der Waals surface area contributed by atoms with E-state index in [1.165, 1.54) is 7.11 Å². The Morgan fingerprint density at radius 3 is 2.29 bits per heavy atom. The number of rotatable bonds is 2. The third kappa shape index (κ3) is 1.86. The molecule has 0 aromatic heterocycles. The van der Waals surface area contributed by atoms with Crippen molar-refractivity contribution in [3.8, 4) is 0 Å². The first-order valence-corrected chi connectivity index (χ1v) is 3.94. The SMILES string of the molecule is CO[C@H]1[C@H](O)[C@@H](O)C(O)O[C@@H]1C(=O)O. The molecule has 82 valence electrons. The highest BCUT2D eigenvalue weighted by atomic mass is 16.7. The second kappa shape index (κ2) is 4.20. The van der Waals surface area contributed by atoms with Crippen molar-refractivity contribution in [3.63, 3.8) is 0 Å². The van der Waals surface area contributed by atoms with Crippen LogP contribution in [0.25, 0.3) is 0 Å². The largest absolute Gasteiger partial charge is 0.479 e. The number of aliphatic carboxylic acids is 1. The van der Waals surface area contributed by atoms with Crippen LogP contribution in [-0.4, -0.2) is 64.2 Å². The van der Waals surface area contributed by atoms with E-state index in [0.29, 0.717) is 0 Å². The minimum absolute atomic E-state index is 1.18. The van der Waals surface area contributed by atoms with Crippen LogP contribution in [0.4, 0.5) is 0 Å². The summed E-state index contributed by atoms with van der Waals surface area (Å²) in [6, 6.07) is 0. The van der Waals surface area contributed by atoms with Gasteiger partial charge in [0.1, 0.15) is 18.3 Å². The molecule has 0 saturated carbocycles. The topological polar surface area (TPSA) is 116 Å². The standard InChI is InChI=1S/C7H12O7/c1-13-4-2(8)3(9)7(12)14-5(4)6(10)11/h2-5,7-9,12H,1H3,(H,10,11)/t2-,3-,4+,5+,7?/m1/s1. The number of carboxylic acids is 1. The van der Waals surface area contributed by atoms with Gasteiger partial charge in [0.05, 0.1) is 0 Å². The van der Waals surface area contributed by atoms with Gasteiger partial charge in [-0.25, -0.2) is 4.79 Å². The van der Waals surface area contributed by atoms with Crippen LogP contribution in [0.15, 0.2) is 0 Å². The van der Waals surface area contributed by atoms with Crippen molar-refractivity contribution in [3.05, 3.63) is 0 Å². The van der Waals surface area contributed by atoms with E-state index in [1.54, 1.807) is 0 Å². The molecule has 5 atom stereocenters. The number of ether oxygens (including phenoxy) is 2. The first kappa shape index (κ1) is 11.3. The minimum Gasteiger partial charge on any atom is -0.479 e. The predicted octanol–water partition coefficient (Wildman–Crippen LogP) is -2.47. The van der Waals surface area contributed by atoms with Gasteiger partial charge in [-0.1, -0.05) is 0 Å². The number of hydrogen-bond donors (Lipinski definition) is 4. The van der Waals surface area contributed by atoms with Crippen LogP contribution < -0.4 is 0 Å². The Kier molecular flexibility index (Phi) is 3.40. The number of methoxy groups -OCH3 is 1. The van der Waals surface area contributed by atoms with Crippen molar-refractivity contribution in [2.45, 2.75) is 30.7 Å². The number of hydrogen-bond acceptors (Lipinski definition) is 6. The maximum Gasteiger partial charge on any atom is 0.335 e. The van der Waals surface area contributed by atoms with Crippen molar-refractivity contribution in [1.29, 1.82) is 0 Å². The Hall–Kier alpha value is -0.730. The number of aliphatic hydroxyl groups is 3. The summed E-state index contributed by atoms with van der Waals surface area (Å²) >= 11 is 0. The summed E-state index contributed by atoms with van der Waals surface area (Å²) in [6.45, 7) is 0. The molecule has 1 unspecified atom stereocenters. The lowest BCUT2D eigenvalue weighted by atomic mass is 9.99. The molecule has 7 nitrogen and oxygen atoms in total. The average Bonchev–Trinajstić information content (AvgIpc) is 2.13. The van der Waals surface area contributed by atoms with Crippen molar-refractivity contribution >= 4 is 5.97 Å². The molecule has 1 aliphatic heterocycles. The van der Waals surface area contributed by atoms with Gasteiger partial charge in [-0.2, -0.15) is 0 Å². The normalized spacial score (nSPS) is 43.6. The van der Waals surface area contributed by atoms with Crippen molar-refractivity contribution in [2.24, 2.45) is 0 Å². The number of carbonyl (C=O) groups is 1. The van der Waals surface area contributed by atoms with Crippen LogP contribution in [0.5, 0.6) is 0 Å². The third-order valence-corrected chi connectivity index (χ3v) is 2.08. The lowest BCUT2D eigenvalue weighted by Gasteiger charge is -2.37.